The fraction of sp³-hybridized carbons (Fsp3) is 0.467. The van der Waals surface area contributed by atoms with Gasteiger partial charge in [0.15, 0.2) is 16.6 Å². The first-order valence-corrected chi connectivity index (χ1v) is 8.45. The van der Waals surface area contributed by atoms with Gasteiger partial charge in [-0.05, 0) is 42.8 Å². The second-order valence-electron chi connectivity index (χ2n) is 4.85. The van der Waals surface area contributed by atoms with Crippen LogP contribution in [0, 0.1) is 0 Å². The molecule has 0 amide bonds. The van der Waals surface area contributed by atoms with Gasteiger partial charge in [-0.25, -0.2) is 0 Å². The highest BCUT2D eigenvalue weighted by Crippen LogP contribution is 2.27. The minimum absolute atomic E-state index is 0.147. The Kier molecular flexibility index (Phi) is 6.33. The van der Waals surface area contributed by atoms with Gasteiger partial charge in [-0.3, -0.25) is 4.79 Å². The van der Waals surface area contributed by atoms with Crippen LogP contribution in [-0.4, -0.2) is 42.8 Å². The summed E-state index contributed by atoms with van der Waals surface area (Å²) in [5, 5.41) is 6.89. The van der Waals surface area contributed by atoms with Crippen molar-refractivity contribution in [2.24, 2.45) is 0 Å². The third kappa shape index (κ3) is 4.51. The van der Waals surface area contributed by atoms with E-state index in [9.17, 15) is 4.79 Å². The molecule has 1 heterocycles. The molecule has 120 valence electrons. The number of hydrogen-bond acceptors (Lipinski definition) is 5. The summed E-state index contributed by atoms with van der Waals surface area (Å²) in [5.41, 5.74) is 1.13. The van der Waals surface area contributed by atoms with Crippen LogP contribution in [-0.2, 0) is 11.2 Å². The summed E-state index contributed by atoms with van der Waals surface area (Å²) in [5.74, 6) is 2.30. The van der Waals surface area contributed by atoms with Crippen molar-refractivity contribution in [3.8, 4) is 11.5 Å². The topological polar surface area (TPSA) is 59.6 Å². The van der Waals surface area contributed by atoms with Crippen LogP contribution in [0.1, 0.15) is 12.0 Å². The lowest BCUT2D eigenvalue weighted by atomic mass is 10.1. The van der Waals surface area contributed by atoms with Gasteiger partial charge >= 0.3 is 0 Å². The number of rotatable bonds is 6. The van der Waals surface area contributed by atoms with Gasteiger partial charge in [0.25, 0.3) is 0 Å². The van der Waals surface area contributed by atoms with Crippen LogP contribution in [0.5, 0.6) is 11.5 Å². The first-order valence-electron chi connectivity index (χ1n) is 7.06. The third-order valence-electron chi connectivity index (χ3n) is 3.39. The van der Waals surface area contributed by atoms with Gasteiger partial charge in [-0.2, -0.15) is 0 Å². The molecule has 7 heteroatoms. The average Bonchev–Trinajstić information content (AvgIpc) is 2.92. The Balaban J connectivity index is 1.78. The van der Waals surface area contributed by atoms with Crippen molar-refractivity contribution in [2.45, 2.75) is 18.9 Å². The van der Waals surface area contributed by atoms with E-state index in [2.05, 4.69) is 10.6 Å². The molecule has 1 fully saturated rings. The van der Waals surface area contributed by atoms with Gasteiger partial charge in [-0.15, -0.1) is 0 Å². The number of carbonyl (C=O) groups excluding carboxylic acids is 1. The highest BCUT2D eigenvalue weighted by molar-refractivity contribution is 8.14. The standard InChI is InChI=1S/C15H20N2O3S2/c1-19-12-4-3-10(9-13(12)20-2)5-7-16-15(21)17-11-6-8-22-14(11)18/h3-4,9,11H,5-8H2,1-2H3,(H2,16,17,21). The Morgan fingerprint density at radius 3 is 2.77 bits per heavy atom. The average molecular weight is 340 g/mol. The van der Waals surface area contributed by atoms with Crippen LogP contribution < -0.4 is 20.1 Å². The molecule has 2 rings (SSSR count). The van der Waals surface area contributed by atoms with Gasteiger partial charge in [0.05, 0.1) is 20.3 Å². The molecule has 1 aromatic carbocycles. The molecule has 1 unspecified atom stereocenters. The number of benzene rings is 1. The minimum atomic E-state index is -0.147. The first kappa shape index (κ1) is 16.9. The van der Waals surface area contributed by atoms with Gasteiger partial charge in [0, 0.05) is 12.3 Å². The van der Waals surface area contributed by atoms with Crippen molar-refractivity contribution in [2.75, 3.05) is 26.5 Å². The highest BCUT2D eigenvalue weighted by Gasteiger charge is 2.25. The van der Waals surface area contributed by atoms with Crippen LogP contribution >= 0.6 is 24.0 Å². The zero-order valence-corrected chi connectivity index (χ0v) is 14.3. The quantitative estimate of drug-likeness (QED) is 0.765. The van der Waals surface area contributed by atoms with Gasteiger partial charge in [0.2, 0.25) is 5.12 Å². The molecule has 1 atom stereocenters. The molecule has 2 N–H and O–H groups in total. The second kappa shape index (κ2) is 8.24. The molecular formula is C15H20N2O3S2. The van der Waals surface area contributed by atoms with E-state index < -0.39 is 0 Å². The molecule has 0 spiro atoms. The number of carbonyl (C=O) groups is 1. The summed E-state index contributed by atoms with van der Waals surface area (Å²) in [7, 11) is 3.24. The van der Waals surface area contributed by atoms with Crippen molar-refractivity contribution in [3.63, 3.8) is 0 Å². The monoisotopic (exact) mass is 340 g/mol. The molecule has 1 aromatic rings. The van der Waals surface area contributed by atoms with E-state index in [4.69, 9.17) is 21.7 Å². The van der Waals surface area contributed by atoms with E-state index in [1.54, 1.807) is 14.2 Å². The van der Waals surface area contributed by atoms with Crippen LogP contribution in [0.15, 0.2) is 18.2 Å². The number of methoxy groups -OCH3 is 2. The molecule has 5 nitrogen and oxygen atoms in total. The van der Waals surface area contributed by atoms with Crippen LogP contribution in [0.25, 0.3) is 0 Å². The van der Waals surface area contributed by atoms with Crippen molar-refractivity contribution >= 4 is 34.2 Å². The van der Waals surface area contributed by atoms with E-state index in [0.717, 1.165) is 24.2 Å². The van der Waals surface area contributed by atoms with Gasteiger partial charge < -0.3 is 20.1 Å². The smallest absolute Gasteiger partial charge is 0.211 e. The second-order valence-corrected chi connectivity index (χ2v) is 6.36. The molecule has 1 aliphatic heterocycles. The van der Waals surface area contributed by atoms with Gasteiger partial charge in [0.1, 0.15) is 0 Å². The highest BCUT2D eigenvalue weighted by atomic mass is 32.2. The normalized spacial score (nSPS) is 17.2. The molecule has 0 radical (unpaired) electrons. The lowest BCUT2D eigenvalue weighted by molar-refractivity contribution is -0.111. The molecule has 0 bridgehead atoms. The Bertz CT molecular complexity index is 552. The zero-order chi connectivity index (χ0) is 15.9. The van der Waals surface area contributed by atoms with Crippen molar-refractivity contribution in [1.82, 2.24) is 10.6 Å². The first-order chi connectivity index (χ1) is 10.6. The summed E-state index contributed by atoms with van der Waals surface area (Å²) in [6.07, 6.45) is 1.64. The predicted molar refractivity (Wildman–Crippen MR) is 92.9 cm³/mol. The molecule has 1 aliphatic rings. The molecule has 0 aliphatic carbocycles. The maximum atomic E-state index is 11.5. The predicted octanol–water partition coefficient (Wildman–Crippen LogP) is 1.74. The Hall–Kier alpha value is -1.47. The van der Waals surface area contributed by atoms with Crippen molar-refractivity contribution < 1.29 is 14.3 Å². The fourth-order valence-corrected chi connectivity index (χ4v) is 3.37. The largest absolute Gasteiger partial charge is 0.493 e. The summed E-state index contributed by atoms with van der Waals surface area (Å²) < 4.78 is 10.5. The van der Waals surface area contributed by atoms with E-state index in [1.807, 2.05) is 18.2 Å². The summed E-state index contributed by atoms with van der Waals surface area (Å²) in [6, 6.07) is 5.69. The van der Waals surface area contributed by atoms with Crippen LogP contribution in [0.2, 0.25) is 0 Å². The van der Waals surface area contributed by atoms with Crippen molar-refractivity contribution in [1.29, 1.82) is 0 Å². The third-order valence-corrected chi connectivity index (χ3v) is 4.66. The number of ether oxygens (including phenoxy) is 2. The van der Waals surface area contributed by atoms with Gasteiger partial charge in [-0.1, -0.05) is 17.8 Å². The maximum Gasteiger partial charge on any atom is 0.211 e. The molecule has 1 saturated heterocycles. The number of thioether (sulfide) groups is 1. The van der Waals surface area contributed by atoms with Crippen molar-refractivity contribution in [3.05, 3.63) is 23.8 Å². The SMILES string of the molecule is COc1ccc(CCNC(=S)NC2CCSC2=O)cc1OC. The van der Waals surface area contributed by atoms with E-state index in [-0.39, 0.29) is 11.2 Å². The van der Waals surface area contributed by atoms with Crippen LogP contribution in [0.3, 0.4) is 0 Å². The Morgan fingerprint density at radius 1 is 1.36 bits per heavy atom. The number of hydrogen-bond donors (Lipinski definition) is 2. The number of thiocarbonyl (C=S) groups is 1. The Labute approximate surface area is 140 Å². The lowest BCUT2D eigenvalue weighted by Crippen LogP contribution is -2.44. The summed E-state index contributed by atoms with van der Waals surface area (Å²) >= 11 is 6.58. The van der Waals surface area contributed by atoms with E-state index in [0.29, 0.717) is 23.2 Å². The molecular weight excluding hydrogens is 320 g/mol. The summed E-state index contributed by atoms with van der Waals surface area (Å²) in [4.78, 5) is 11.5. The molecule has 22 heavy (non-hydrogen) atoms. The zero-order valence-electron chi connectivity index (χ0n) is 12.7. The fourth-order valence-electron chi connectivity index (χ4n) is 2.19. The Morgan fingerprint density at radius 2 is 2.14 bits per heavy atom. The molecule has 0 saturated carbocycles. The van der Waals surface area contributed by atoms with E-state index >= 15 is 0 Å². The minimum Gasteiger partial charge on any atom is -0.493 e. The molecule has 0 aromatic heterocycles. The maximum absolute atomic E-state index is 11.5. The van der Waals surface area contributed by atoms with Crippen LogP contribution in [0.4, 0.5) is 0 Å². The lowest BCUT2D eigenvalue weighted by Gasteiger charge is -2.14. The van der Waals surface area contributed by atoms with E-state index in [1.165, 1.54) is 11.8 Å². The number of nitrogens with one attached hydrogen (secondary N) is 2. The summed E-state index contributed by atoms with van der Waals surface area (Å²) in [6.45, 7) is 0.690.